The molecule has 0 radical (unpaired) electrons. The van der Waals surface area contributed by atoms with Crippen LogP contribution in [0.4, 0.5) is 0 Å². The lowest BCUT2D eigenvalue weighted by molar-refractivity contribution is -0.00644. The van der Waals surface area contributed by atoms with E-state index in [2.05, 4.69) is 48.6 Å². The SMILES string of the molecule is CNC(c1c(C)ccc2ccccc12)C1CCCCO1. The van der Waals surface area contributed by atoms with E-state index in [-0.39, 0.29) is 6.04 Å². The Bertz CT molecular complexity index is 587. The van der Waals surface area contributed by atoms with Gasteiger partial charge in [0.25, 0.3) is 0 Å². The Hall–Kier alpha value is -1.38. The molecule has 1 N–H and O–H groups in total. The van der Waals surface area contributed by atoms with Gasteiger partial charge in [-0.15, -0.1) is 0 Å². The monoisotopic (exact) mass is 269 g/mol. The highest BCUT2D eigenvalue weighted by atomic mass is 16.5. The second kappa shape index (κ2) is 5.94. The van der Waals surface area contributed by atoms with Gasteiger partial charge >= 0.3 is 0 Å². The maximum Gasteiger partial charge on any atom is 0.0769 e. The van der Waals surface area contributed by atoms with Crippen molar-refractivity contribution in [2.75, 3.05) is 13.7 Å². The topological polar surface area (TPSA) is 21.3 Å². The first kappa shape index (κ1) is 13.6. The number of benzene rings is 2. The first-order valence-electron chi connectivity index (χ1n) is 7.58. The van der Waals surface area contributed by atoms with Crippen LogP contribution < -0.4 is 5.32 Å². The molecule has 2 unspecified atom stereocenters. The Morgan fingerprint density at radius 3 is 2.75 bits per heavy atom. The summed E-state index contributed by atoms with van der Waals surface area (Å²) in [5, 5.41) is 6.15. The third-order valence-electron chi connectivity index (χ3n) is 4.40. The van der Waals surface area contributed by atoms with Crippen LogP contribution in [0.1, 0.15) is 36.4 Å². The lowest BCUT2D eigenvalue weighted by Gasteiger charge is -2.32. The van der Waals surface area contributed by atoms with Crippen LogP contribution in [-0.4, -0.2) is 19.8 Å². The summed E-state index contributed by atoms with van der Waals surface area (Å²) in [5.74, 6) is 0. The first-order chi connectivity index (χ1) is 9.81. The molecule has 1 aliphatic heterocycles. The van der Waals surface area contributed by atoms with Crippen molar-refractivity contribution in [2.24, 2.45) is 0 Å². The van der Waals surface area contributed by atoms with Gasteiger partial charge in [-0.25, -0.2) is 0 Å². The van der Waals surface area contributed by atoms with Crippen molar-refractivity contribution < 1.29 is 4.74 Å². The van der Waals surface area contributed by atoms with Gasteiger partial charge < -0.3 is 10.1 Å². The summed E-state index contributed by atoms with van der Waals surface area (Å²) < 4.78 is 6.03. The molecule has 1 saturated heterocycles. The number of fused-ring (bicyclic) bond motifs is 1. The standard InChI is InChI=1S/C18H23NO/c1-13-10-11-14-7-3-4-8-15(14)17(13)18(19-2)16-9-5-6-12-20-16/h3-4,7-8,10-11,16,18-19H,5-6,9,12H2,1-2H3. The number of rotatable bonds is 3. The molecule has 106 valence electrons. The Balaban J connectivity index is 2.08. The number of nitrogens with one attached hydrogen (secondary N) is 1. The lowest BCUT2D eigenvalue weighted by Crippen LogP contribution is -2.34. The van der Waals surface area contributed by atoms with Gasteiger partial charge in [-0.1, -0.05) is 36.4 Å². The molecule has 2 aromatic carbocycles. The second-order valence-electron chi connectivity index (χ2n) is 5.69. The van der Waals surface area contributed by atoms with Gasteiger partial charge in [0.2, 0.25) is 0 Å². The van der Waals surface area contributed by atoms with Crippen LogP contribution in [0, 0.1) is 6.92 Å². The Morgan fingerprint density at radius 2 is 2.00 bits per heavy atom. The van der Waals surface area contributed by atoms with Crippen LogP contribution in [-0.2, 0) is 4.74 Å². The summed E-state index contributed by atoms with van der Waals surface area (Å²) in [5.41, 5.74) is 2.75. The number of hydrogen-bond acceptors (Lipinski definition) is 2. The van der Waals surface area contributed by atoms with E-state index < -0.39 is 0 Å². The van der Waals surface area contributed by atoms with Gasteiger partial charge in [0.15, 0.2) is 0 Å². The van der Waals surface area contributed by atoms with E-state index in [0.717, 1.165) is 13.0 Å². The number of aryl methyl sites for hydroxylation is 1. The van der Waals surface area contributed by atoms with E-state index in [9.17, 15) is 0 Å². The molecule has 3 rings (SSSR count). The Morgan fingerprint density at radius 1 is 1.15 bits per heavy atom. The van der Waals surface area contributed by atoms with Gasteiger partial charge in [0.1, 0.15) is 0 Å². The molecule has 1 heterocycles. The summed E-state index contributed by atoms with van der Waals surface area (Å²) in [6, 6.07) is 13.4. The van der Waals surface area contributed by atoms with E-state index in [1.807, 2.05) is 7.05 Å². The van der Waals surface area contributed by atoms with E-state index >= 15 is 0 Å². The van der Waals surface area contributed by atoms with Crippen molar-refractivity contribution in [3.63, 3.8) is 0 Å². The summed E-state index contributed by atoms with van der Waals surface area (Å²) in [7, 11) is 2.05. The number of ether oxygens (including phenoxy) is 1. The largest absolute Gasteiger partial charge is 0.376 e. The molecule has 0 spiro atoms. The molecule has 1 aliphatic rings. The predicted octanol–water partition coefficient (Wildman–Crippen LogP) is 3.98. The molecule has 2 heteroatoms. The lowest BCUT2D eigenvalue weighted by atomic mass is 9.89. The second-order valence-corrected chi connectivity index (χ2v) is 5.69. The molecular weight excluding hydrogens is 246 g/mol. The third-order valence-corrected chi connectivity index (χ3v) is 4.40. The van der Waals surface area contributed by atoms with Crippen LogP contribution in [0.15, 0.2) is 36.4 Å². The molecule has 2 aromatic rings. The van der Waals surface area contributed by atoms with E-state index in [1.165, 1.54) is 34.7 Å². The molecule has 0 bridgehead atoms. The summed E-state index contributed by atoms with van der Waals surface area (Å²) in [4.78, 5) is 0. The highest BCUT2D eigenvalue weighted by Crippen LogP contribution is 2.33. The Kier molecular flexibility index (Phi) is 4.04. The van der Waals surface area contributed by atoms with Crippen LogP contribution in [0.3, 0.4) is 0 Å². The van der Waals surface area contributed by atoms with E-state index in [0.29, 0.717) is 6.10 Å². The highest BCUT2D eigenvalue weighted by molar-refractivity contribution is 5.87. The molecule has 20 heavy (non-hydrogen) atoms. The zero-order chi connectivity index (χ0) is 13.9. The molecule has 1 fully saturated rings. The molecule has 0 aromatic heterocycles. The summed E-state index contributed by atoms with van der Waals surface area (Å²) in [6.07, 6.45) is 3.90. The molecule has 2 nitrogen and oxygen atoms in total. The average molecular weight is 269 g/mol. The van der Waals surface area contributed by atoms with Crippen molar-refractivity contribution in [1.29, 1.82) is 0 Å². The molecule has 2 atom stereocenters. The van der Waals surface area contributed by atoms with Crippen LogP contribution in [0.2, 0.25) is 0 Å². The fourth-order valence-corrected chi connectivity index (χ4v) is 3.36. The summed E-state index contributed by atoms with van der Waals surface area (Å²) in [6.45, 7) is 3.10. The van der Waals surface area contributed by atoms with Gasteiger partial charge in [0, 0.05) is 6.61 Å². The van der Waals surface area contributed by atoms with Gasteiger partial charge in [-0.05, 0) is 55.1 Å². The minimum atomic E-state index is 0.279. The average Bonchev–Trinajstić information content (AvgIpc) is 2.51. The minimum absolute atomic E-state index is 0.279. The Labute approximate surface area is 121 Å². The minimum Gasteiger partial charge on any atom is -0.376 e. The van der Waals surface area contributed by atoms with E-state index in [1.54, 1.807) is 0 Å². The van der Waals surface area contributed by atoms with Crippen LogP contribution >= 0.6 is 0 Å². The van der Waals surface area contributed by atoms with Crippen LogP contribution in [0.25, 0.3) is 10.8 Å². The van der Waals surface area contributed by atoms with Gasteiger partial charge in [-0.3, -0.25) is 0 Å². The summed E-state index contributed by atoms with van der Waals surface area (Å²) >= 11 is 0. The van der Waals surface area contributed by atoms with Crippen molar-refractivity contribution in [3.8, 4) is 0 Å². The first-order valence-corrected chi connectivity index (χ1v) is 7.58. The fourth-order valence-electron chi connectivity index (χ4n) is 3.36. The molecular formula is C18H23NO. The highest BCUT2D eigenvalue weighted by Gasteiger charge is 2.27. The quantitative estimate of drug-likeness (QED) is 0.910. The predicted molar refractivity (Wildman–Crippen MR) is 84.1 cm³/mol. The zero-order valence-electron chi connectivity index (χ0n) is 12.4. The molecule has 0 saturated carbocycles. The van der Waals surface area contributed by atoms with Crippen molar-refractivity contribution >= 4 is 10.8 Å². The molecule has 0 aliphatic carbocycles. The van der Waals surface area contributed by atoms with Crippen molar-refractivity contribution in [2.45, 2.75) is 38.3 Å². The maximum atomic E-state index is 6.03. The van der Waals surface area contributed by atoms with Crippen molar-refractivity contribution in [3.05, 3.63) is 47.5 Å². The third kappa shape index (κ3) is 2.46. The van der Waals surface area contributed by atoms with Gasteiger partial charge in [0.05, 0.1) is 12.1 Å². The van der Waals surface area contributed by atoms with Gasteiger partial charge in [-0.2, -0.15) is 0 Å². The van der Waals surface area contributed by atoms with Crippen molar-refractivity contribution in [1.82, 2.24) is 5.32 Å². The maximum absolute atomic E-state index is 6.03. The number of hydrogen-bond donors (Lipinski definition) is 1. The van der Waals surface area contributed by atoms with E-state index in [4.69, 9.17) is 4.74 Å². The smallest absolute Gasteiger partial charge is 0.0769 e. The normalized spacial score (nSPS) is 21.0. The number of likely N-dealkylation sites (N-methyl/N-ethyl adjacent to an activating group) is 1. The zero-order valence-corrected chi connectivity index (χ0v) is 12.4. The fraction of sp³-hybridized carbons (Fsp3) is 0.444. The van der Waals surface area contributed by atoms with Crippen LogP contribution in [0.5, 0.6) is 0 Å². The molecule has 0 amide bonds.